The largest absolute Gasteiger partial charge is 0.279 e. The van der Waals surface area contributed by atoms with E-state index in [0.717, 1.165) is 23.4 Å². The molecule has 0 radical (unpaired) electrons. The Hall–Kier alpha value is -3.59. The molecular formula is C22H19F2N3O3S. The topological polar surface area (TPSA) is 87.6 Å². The number of hydrogen-bond acceptors (Lipinski definition) is 4. The molecule has 0 atom stereocenters. The van der Waals surface area contributed by atoms with Crippen molar-refractivity contribution in [1.29, 1.82) is 0 Å². The molecule has 0 spiro atoms. The Bertz CT molecular complexity index is 1270. The molecule has 0 aliphatic rings. The maximum Gasteiger partial charge on any atom is 0.271 e. The predicted molar refractivity (Wildman–Crippen MR) is 115 cm³/mol. The number of rotatable bonds is 6. The molecule has 31 heavy (non-hydrogen) atoms. The van der Waals surface area contributed by atoms with Crippen molar-refractivity contribution in [1.82, 2.24) is 5.43 Å². The Morgan fingerprint density at radius 1 is 1.00 bits per heavy atom. The zero-order valence-corrected chi connectivity index (χ0v) is 17.5. The van der Waals surface area contributed by atoms with Gasteiger partial charge in [0, 0.05) is 17.2 Å². The van der Waals surface area contributed by atoms with Crippen LogP contribution < -0.4 is 10.1 Å². The summed E-state index contributed by atoms with van der Waals surface area (Å²) in [5, 5.41) is 3.64. The number of nitrogens with one attached hydrogen (secondary N) is 2. The third-order valence-corrected chi connectivity index (χ3v) is 5.73. The van der Waals surface area contributed by atoms with E-state index in [2.05, 4.69) is 15.2 Å². The Kier molecular flexibility index (Phi) is 6.45. The molecule has 6 nitrogen and oxygen atoms in total. The predicted octanol–water partition coefficient (Wildman–Crippen LogP) is 4.15. The number of amides is 1. The van der Waals surface area contributed by atoms with E-state index in [1.165, 1.54) is 30.3 Å². The van der Waals surface area contributed by atoms with Crippen LogP contribution in [0.3, 0.4) is 0 Å². The van der Waals surface area contributed by atoms with Gasteiger partial charge in [0.15, 0.2) is 0 Å². The highest BCUT2D eigenvalue weighted by Gasteiger charge is 2.17. The fraction of sp³-hybridized carbons (Fsp3) is 0.0909. The SMILES string of the molecule is Cc1ccc(NS(=O)(=O)c2cccc(C(=O)N/N=C/c3ccc(F)cc3F)c2)c(C)c1. The minimum Gasteiger partial charge on any atom is -0.279 e. The van der Waals surface area contributed by atoms with Gasteiger partial charge in [-0.1, -0.05) is 23.8 Å². The fourth-order valence-electron chi connectivity index (χ4n) is 2.77. The van der Waals surface area contributed by atoms with Gasteiger partial charge in [0.2, 0.25) is 0 Å². The Balaban J connectivity index is 1.75. The third kappa shape index (κ3) is 5.52. The van der Waals surface area contributed by atoms with E-state index in [1.807, 2.05) is 13.0 Å². The van der Waals surface area contributed by atoms with Crippen molar-refractivity contribution in [2.24, 2.45) is 5.10 Å². The number of nitrogens with zero attached hydrogens (tertiary/aromatic N) is 1. The number of carbonyl (C=O) groups is 1. The van der Waals surface area contributed by atoms with Crippen LogP contribution in [0.4, 0.5) is 14.5 Å². The first-order valence-corrected chi connectivity index (χ1v) is 10.6. The average Bonchev–Trinajstić information content (AvgIpc) is 2.72. The molecule has 0 aromatic heterocycles. The Morgan fingerprint density at radius 2 is 1.77 bits per heavy atom. The van der Waals surface area contributed by atoms with Gasteiger partial charge in [-0.25, -0.2) is 22.6 Å². The lowest BCUT2D eigenvalue weighted by Gasteiger charge is -2.12. The van der Waals surface area contributed by atoms with Crippen LogP contribution in [0.1, 0.15) is 27.0 Å². The van der Waals surface area contributed by atoms with Crippen LogP contribution in [0.2, 0.25) is 0 Å². The molecule has 1 amide bonds. The van der Waals surface area contributed by atoms with Crippen LogP contribution in [0.15, 0.2) is 70.7 Å². The number of hydrazone groups is 1. The molecule has 0 fully saturated rings. The summed E-state index contributed by atoms with van der Waals surface area (Å²) in [6, 6.07) is 13.6. The van der Waals surface area contributed by atoms with E-state index >= 15 is 0 Å². The summed E-state index contributed by atoms with van der Waals surface area (Å²) >= 11 is 0. The van der Waals surface area contributed by atoms with Crippen molar-refractivity contribution in [3.05, 3.63) is 94.6 Å². The normalized spacial score (nSPS) is 11.5. The molecule has 0 aliphatic heterocycles. The highest BCUT2D eigenvalue weighted by atomic mass is 32.2. The minimum atomic E-state index is -3.93. The summed E-state index contributed by atoms with van der Waals surface area (Å²) in [4.78, 5) is 12.2. The van der Waals surface area contributed by atoms with Crippen molar-refractivity contribution in [3.8, 4) is 0 Å². The quantitative estimate of drug-likeness (QED) is 0.443. The van der Waals surface area contributed by atoms with E-state index < -0.39 is 27.6 Å². The van der Waals surface area contributed by atoms with Gasteiger partial charge in [0.25, 0.3) is 15.9 Å². The van der Waals surface area contributed by atoms with Crippen LogP contribution in [0.25, 0.3) is 0 Å². The number of anilines is 1. The number of carbonyl (C=O) groups excluding carboxylic acids is 1. The van der Waals surface area contributed by atoms with Gasteiger partial charge in [0.1, 0.15) is 11.6 Å². The van der Waals surface area contributed by atoms with Gasteiger partial charge in [-0.05, 0) is 55.8 Å². The Labute approximate surface area is 178 Å². The van der Waals surface area contributed by atoms with Crippen LogP contribution in [-0.2, 0) is 10.0 Å². The van der Waals surface area contributed by atoms with Crippen molar-refractivity contribution in [2.75, 3.05) is 4.72 Å². The molecule has 0 bridgehead atoms. The number of sulfonamides is 1. The second-order valence-corrected chi connectivity index (χ2v) is 8.50. The van der Waals surface area contributed by atoms with Gasteiger partial charge in [-0.15, -0.1) is 0 Å². The van der Waals surface area contributed by atoms with Crippen molar-refractivity contribution >= 4 is 27.8 Å². The van der Waals surface area contributed by atoms with Gasteiger partial charge in [-0.3, -0.25) is 9.52 Å². The first-order valence-electron chi connectivity index (χ1n) is 9.14. The second-order valence-electron chi connectivity index (χ2n) is 6.82. The lowest BCUT2D eigenvalue weighted by atomic mass is 10.1. The van der Waals surface area contributed by atoms with Crippen molar-refractivity contribution in [2.45, 2.75) is 18.7 Å². The number of hydrogen-bond donors (Lipinski definition) is 2. The van der Waals surface area contributed by atoms with Crippen LogP contribution >= 0.6 is 0 Å². The summed E-state index contributed by atoms with van der Waals surface area (Å²) in [6.07, 6.45) is 1.02. The molecule has 0 heterocycles. The highest BCUT2D eigenvalue weighted by molar-refractivity contribution is 7.92. The molecule has 3 rings (SSSR count). The fourth-order valence-corrected chi connectivity index (χ4v) is 3.94. The molecular weight excluding hydrogens is 424 g/mol. The van der Waals surface area contributed by atoms with Crippen LogP contribution in [0.5, 0.6) is 0 Å². The number of halogens is 2. The van der Waals surface area contributed by atoms with Crippen LogP contribution in [-0.4, -0.2) is 20.5 Å². The third-order valence-electron chi connectivity index (χ3n) is 4.36. The van der Waals surface area contributed by atoms with Gasteiger partial charge < -0.3 is 0 Å². The molecule has 0 unspecified atom stereocenters. The highest BCUT2D eigenvalue weighted by Crippen LogP contribution is 2.21. The molecule has 160 valence electrons. The van der Waals surface area contributed by atoms with E-state index in [4.69, 9.17) is 0 Å². The van der Waals surface area contributed by atoms with Crippen LogP contribution in [0, 0.1) is 25.5 Å². The molecule has 0 saturated heterocycles. The summed E-state index contributed by atoms with van der Waals surface area (Å²) in [7, 11) is -3.93. The Morgan fingerprint density at radius 3 is 2.48 bits per heavy atom. The maximum atomic E-state index is 13.6. The maximum absolute atomic E-state index is 13.6. The first-order chi connectivity index (χ1) is 14.7. The lowest BCUT2D eigenvalue weighted by Crippen LogP contribution is -2.19. The molecule has 2 N–H and O–H groups in total. The average molecular weight is 443 g/mol. The van der Waals surface area contributed by atoms with Crippen molar-refractivity contribution < 1.29 is 22.0 Å². The molecule has 3 aromatic rings. The summed E-state index contributed by atoms with van der Waals surface area (Å²) < 4.78 is 54.5. The minimum absolute atomic E-state index is 0.0179. The van der Waals surface area contributed by atoms with E-state index in [0.29, 0.717) is 11.8 Å². The monoisotopic (exact) mass is 443 g/mol. The molecule has 0 aliphatic carbocycles. The van der Waals surface area contributed by atoms with Gasteiger partial charge in [-0.2, -0.15) is 5.10 Å². The van der Waals surface area contributed by atoms with E-state index in [9.17, 15) is 22.0 Å². The second kappa shape index (κ2) is 9.05. The van der Waals surface area contributed by atoms with Crippen molar-refractivity contribution in [3.63, 3.8) is 0 Å². The lowest BCUT2D eigenvalue weighted by molar-refractivity contribution is 0.0955. The van der Waals surface area contributed by atoms with Gasteiger partial charge in [0.05, 0.1) is 16.8 Å². The molecule has 9 heteroatoms. The number of benzene rings is 3. The van der Waals surface area contributed by atoms with E-state index in [1.54, 1.807) is 19.1 Å². The summed E-state index contributed by atoms with van der Waals surface area (Å²) in [6.45, 7) is 3.69. The van der Waals surface area contributed by atoms with E-state index in [-0.39, 0.29) is 16.0 Å². The molecule has 3 aromatic carbocycles. The molecule has 0 saturated carbocycles. The van der Waals surface area contributed by atoms with Gasteiger partial charge >= 0.3 is 0 Å². The smallest absolute Gasteiger partial charge is 0.271 e. The standard InChI is InChI=1S/C22H19F2N3O3S/c1-14-6-9-21(15(2)10-14)27-31(29,30)19-5-3-4-16(11-19)22(28)26-25-13-17-7-8-18(23)12-20(17)24/h3-13,27H,1-2H3,(H,26,28)/b25-13+. The number of aryl methyl sites for hydroxylation is 2. The zero-order valence-electron chi connectivity index (χ0n) is 16.7. The summed E-state index contributed by atoms with van der Waals surface area (Å²) in [5.41, 5.74) is 4.41. The zero-order chi connectivity index (χ0) is 22.6. The first kappa shape index (κ1) is 22.1. The summed E-state index contributed by atoms with van der Waals surface area (Å²) in [5.74, 6) is -2.25.